The van der Waals surface area contributed by atoms with Crippen LogP contribution in [0.15, 0.2) is 66.9 Å². The average Bonchev–Trinajstić information content (AvgIpc) is 3.18. The number of hydrogen-bond acceptors (Lipinski definition) is 0. The van der Waals surface area contributed by atoms with E-state index in [0.717, 1.165) is 6.42 Å². The van der Waals surface area contributed by atoms with Crippen LogP contribution in [0.2, 0.25) is 0 Å². The average molecular weight is 456 g/mol. The lowest BCUT2D eigenvalue weighted by atomic mass is 9.85. The van der Waals surface area contributed by atoms with Crippen LogP contribution >= 0.6 is 0 Å². The van der Waals surface area contributed by atoms with Gasteiger partial charge in [-0.25, -0.2) is 4.57 Å². The second kappa shape index (κ2) is 6.73. The van der Waals surface area contributed by atoms with Crippen LogP contribution in [0.3, 0.4) is 0 Å². The van der Waals surface area contributed by atoms with E-state index < -0.39 is 0 Å². The molecule has 35 heavy (non-hydrogen) atoms. The van der Waals surface area contributed by atoms with Crippen molar-refractivity contribution in [3.05, 3.63) is 83.6 Å². The zero-order chi connectivity index (χ0) is 24.2. The topological polar surface area (TPSA) is 8.29 Å². The van der Waals surface area contributed by atoms with Crippen LogP contribution in [-0.2, 0) is 13.5 Å². The van der Waals surface area contributed by atoms with Crippen molar-refractivity contribution in [2.75, 3.05) is 0 Å². The van der Waals surface area contributed by atoms with E-state index in [1.54, 1.807) is 0 Å². The van der Waals surface area contributed by atoms with Gasteiger partial charge in [-0.1, -0.05) is 63.2 Å². The van der Waals surface area contributed by atoms with Gasteiger partial charge in [-0.3, -0.25) is 0 Å². The van der Waals surface area contributed by atoms with E-state index in [1.165, 1.54) is 76.5 Å². The minimum absolute atomic E-state index is 0.205. The lowest BCUT2D eigenvalue weighted by Gasteiger charge is -2.21. The summed E-state index contributed by atoms with van der Waals surface area (Å²) in [5, 5.41) is 9.56. The van der Waals surface area contributed by atoms with Crippen molar-refractivity contribution in [2.24, 2.45) is 12.5 Å². The molecule has 3 aromatic heterocycles. The van der Waals surface area contributed by atoms with Gasteiger partial charge in [0, 0.05) is 16.8 Å². The fourth-order valence-electron chi connectivity index (χ4n) is 6.67. The molecule has 0 aliphatic rings. The minimum Gasteiger partial charge on any atom is -0.307 e. The van der Waals surface area contributed by atoms with Gasteiger partial charge in [0.25, 0.3) is 0 Å². The van der Waals surface area contributed by atoms with Gasteiger partial charge in [-0.2, -0.15) is 0 Å². The number of aromatic nitrogens is 2. The van der Waals surface area contributed by atoms with Gasteiger partial charge >= 0.3 is 0 Å². The predicted octanol–water partition coefficient (Wildman–Crippen LogP) is 8.17. The fraction of sp³-hybridized carbons (Fsp3) is 0.242. The third-order valence-corrected chi connectivity index (χ3v) is 8.00. The van der Waals surface area contributed by atoms with Crippen molar-refractivity contribution in [1.29, 1.82) is 0 Å². The van der Waals surface area contributed by atoms with Crippen molar-refractivity contribution in [3.63, 3.8) is 0 Å². The first-order valence-electron chi connectivity index (χ1n) is 12.7. The number of fused-ring (bicyclic) bond motifs is 7. The highest BCUT2D eigenvalue weighted by Crippen LogP contribution is 2.45. The Kier molecular flexibility index (Phi) is 3.98. The lowest BCUT2D eigenvalue weighted by molar-refractivity contribution is -0.643. The molecule has 2 nitrogen and oxygen atoms in total. The molecule has 0 saturated carbocycles. The first-order chi connectivity index (χ1) is 16.8. The number of pyridine rings is 2. The maximum absolute atomic E-state index is 2.59. The summed E-state index contributed by atoms with van der Waals surface area (Å²) in [6.45, 7) is 11.7. The molecule has 0 radical (unpaired) electrons. The molecule has 0 amide bonds. The SMILES string of the molecule is Cc1c2ccccc2c(C)c2c1c1c3c(cc[n+]1C)cc(CC(C)(C)C)c1c4ccccc4n2c13. The molecular weight excluding hydrogens is 424 g/mol. The zero-order valence-electron chi connectivity index (χ0n) is 21.5. The second-order valence-corrected chi connectivity index (χ2v) is 11.6. The first kappa shape index (κ1) is 20.7. The summed E-state index contributed by atoms with van der Waals surface area (Å²) in [7, 11) is 2.20. The molecule has 0 unspecified atom stereocenters. The summed E-state index contributed by atoms with van der Waals surface area (Å²) >= 11 is 0. The van der Waals surface area contributed by atoms with Gasteiger partial charge in [0.1, 0.15) is 7.05 Å². The van der Waals surface area contributed by atoms with Crippen molar-refractivity contribution in [3.8, 4) is 0 Å². The highest BCUT2D eigenvalue weighted by molar-refractivity contribution is 6.29. The Morgan fingerprint density at radius 3 is 2.11 bits per heavy atom. The molecule has 7 rings (SSSR count). The molecule has 0 atom stereocenters. The van der Waals surface area contributed by atoms with E-state index in [2.05, 4.69) is 117 Å². The number of nitrogens with zero attached hydrogens (tertiary/aromatic N) is 2. The molecule has 0 spiro atoms. The monoisotopic (exact) mass is 455 g/mol. The van der Waals surface area contributed by atoms with Crippen molar-refractivity contribution < 1.29 is 4.57 Å². The van der Waals surface area contributed by atoms with Gasteiger partial charge in [-0.05, 0) is 70.7 Å². The molecule has 2 heteroatoms. The van der Waals surface area contributed by atoms with Gasteiger partial charge in [-0.15, -0.1) is 0 Å². The van der Waals surface area contributed by atoms with Crippen molar-refractivity contribution >= 4 is 59.8 Å². The van der Waals surface area contributed by atoms with Gasteiger partial charge < -0.3 is 4.40 Å². The lowest BCUT2D eigenvalue weighted by Crippen LogP contribution is -2.29. The van der Waals surface area contributed by atoms with Crippen LogP contribution in [-0.4, -0.2) is 4.40 Å². The molecule has 0 bridgehead atoms. The highest BCUT2D eigenvalue weighted by atomic mass is 15.0. The van der Waals surface area contributed by atoms with Crippen LogP contribution in [0.5, 0.6) is 0 Å². The quantitative estimate of drug-likeness (QED) is 0.134. The minimum atomic E-state index is 0.205. The summed E-state index contributed by atoms with van der Waals surface area (Å²) < 4.78 is 4.93. The molecule has 0 aliphatic carbocycles. The molecule has 172 valence electrons. The Labute approximate surface area is 205 Å². The van der Waals surface area contributed by atoms with Gasteiger partial charge in [0.05, 0.1) is 27.3 Å². The smallest absolute Gasteiger partial charge is 0.224 e. The van der Waals surface area contributed by atoms with Crippen LogP contribution < -0.4 is 4.57 Å². The Bertz CT molecular complexity index is 1980. The van der Waals surface area contributed by atoms with Crippen LogP contribution in [0, 0.1) is 19.3 Å². The predicted molar refractivity (Wildman–Crippen MR) is 150 cm³/mol. The van der Waals surface area contributed by atoms with Gasteiger partial charge in [0.2, 0.25) is 5.52 Å². The normalized spacial score (nSPS) is 13.0. The van der Waals surface area contributed by atoms with Crippen molar-refractivity contribution in [1.82, 2.24) is 4.40 Å². The molecule has 7 aromatic rings. The summed E-state index contributed by atoms with van der Waals surface area (Å²) in [6, 6.07) is 22.7. The molecule has 4 aromatic carbocycles. The largest absolute Gasteiger partial charge is 0.307 e. The number of benzene rings is 4. The molecule has 0 fully saturated rings. The van der Waals surface area contributed by atoms with E-state index >= 15 is 0 Å². The van der Waals surface area contributed by atoms with Crippen LogP contribution in [0.1, 0.15) is 37.5 Å². The van der Waals surface area contributed by atoms with Gasteiger partial charge in [0.15, 0.2) is 6.20 Å². The zero-order valence-corrected chi connectivity index (χ0v) is 21.5. The Balaban J connectivity index is 1.92. The Morgan fingerprint density at radius 1 is 0.743 bits per heavy atom. The molecule has 3 heterocycles. The second-order valence-electron chi connectivity index (χ2n) is 11.6. The summed E-state index contributed by atoms with van der Waals surface area (Å²) in [5.41, 5.74) is 9.74. The van der Waals surface area contributed by atoms with E-state index in [-0.39, 0.29) is 5.41 Å². The third kappa shape index (κ3) is 2.63. The van der Waals surface area contributed by atoms with Crippen LogP contribution in [0.25, 0.3) is 59.8 Å². The molecular formula is C33H31N2+. The summed E-state index contributed by atoms with van der Waals surface area (Å²) in [5.74, 6) is 0. The van der Waals surface area contributed by atoms with E-state index in [0.29, 0.717) is 0 Å². The summed E-state index contributed by atoms with van der Waals surface area (Å²) in [6.07, 6.45) is 3.29. The van der Waals surface area contributed by atoms with E-state index in [4.69, 9.17) is 0 Å². The standard InChI is InChI=1S/C33H31N2/c1-19-23-11-7-8-12-24(23)20(2)30-27(19)31-29-21(15-16-34(31)6)17-22(18-33(3,4)5)28-25-13-9-10-14-26(25)35(30)32(28)29/h7-17H,18H2,1-6H3/q+1. The van der Waals surface area contributed by atoms with E-state index in [9.17, 15) is 0 Å². The first-order valence-corrected chi connectivity index (χ1v) is 12.7. The number of hydrogen-bond donors (Lipinski definition) is 0. The molecule has 0 saturated heterocycles. The Morgan fingerprint density at radius 2 is 1.40 bits per heavy atom. The van der Waals surface area contributed by atoms with Crippen molar-refractivity contribution in [2.45, 2.75) is 41.0 Å². The third-order valence-electron chi connectivity index (χ3n) is 8.00. The van der Waals surface area contributed by atoms with E-state index in [1.807, 2.05) is 0 Å². The highest BCUT2D eigenvalue weighted by Gasteiger charge is 2.28. The molecule has 0 N–H and O–H groups in total. The number of para-hydroxylation sites is 1. The van der Waals surface area contributed by atoms with Crippen LogP contribution in [0.4, 0.5) is 0 Å². The summed E-state index contributed by atoms with van der Waals surface area (Å²) in [4.78, 5) is 0. The molecule has 0 aliphatic heterocycles. The number of rotatable bonds is 1. The fourth-order valence-corrected chi connectivity index (χ4v) is 6.67. The number of aryl methyl sites for hydroxylation is 3. The maximum atomic E-state index is 2.59. The Hall–Kier alpha value is -3.65. The maximum Gasteiger partial charge on any atom is 0.224 e.